The molecule has 1 aromatic heterocycles. The van der Waals surface area contributed by atoms with Crippen molar-refractivity contribution in [2.24, 2.45) is 0 Å². The quantitative estimate of drug-likeness (QED) is 0.639. The molecule has 0 bridgehead atoms. The maximum atomic E-state index is 10.8. The molecule has 1 heterocycles. The van der Waals surface area contributed by atoms with E-state index in [1.165, 1.54) is 0 Å². The lowest BCUT2D eigenvalue weighted by Crippen LogP contribution is -1.82. The Morgan fingerprint density at radius 1 is 1.17 bits per heavy atom. The van der Waals surface area contributed by atoms with E-state index in [9.17, 15) is 4.79 Å². The summed E-state index contributed by atoms with van der Waals surface area (Å²) in [5.41, 5.74) is 4.25. The second-order valence-corrected chi connectivity index (χ2v) is 4.27. The summed E-state index contributed by atoms with van der Waals surface area (Å²) in [6.45, 7) is 2.03. The number of aromatic nitrogens is 1. The highest BCUT2D eigenvalue weighted by Crippen LogP contribution is 2.28. The van der Waals surface area contributed by atoms with Gasteiger partial charge in [-0.15, -0.1) is 0 Å². The Labute approximate surface area is 104 Å². The molecule has 0 aliphatic heterocycles. The minimum absolute atomic E-state index is 0.625. The van der Waals surface area contributed by atoms with Crippen LogP contribution in [0.5, 0.6) is 0 Å². The number of rotatable bonds is 2. The van der Waals surface area contributed by atoms with Gasteiger partial charge in [-0.1, -0.05) is 28.9 Å². The van der Waals surface area contributed by atoms with Crippen molar-refractivity contribution in [1.82, 2.24) is 5.16 Å². The molecule has 3 heteroatoms. The zero-order valence-corrected chi connectivity index (χ0v) is 9.88. The highest BCUT2D eigenvalue weighted by Gasteiger charge is 2.10. The average molecular weight is 237 g/mol. The molecule has 0 amide bonds. The first-order valence-electron chi connectivity index (χ1n) is 5.69. The lowest BCUT2D eigenvalue weighted by Gasteiger charge is -1.98. The Morgan fingerprint density at radius 3 is 2.83 bits per heavy atom. The van der Waals surface area contributed by atoms with Crippen molar-refractivity contribution in [3.05, 3.63) is 53.6 Å². The molecule has 0 unspecified atom stereocenters. The summed E-state index contributed by atoms with van der Waals surface area (Å²) in [5.74, 6) is 0. The van der Waals surface area contributed by atoms with Gasteiger partial charge in [-0.3, -0.25) is 4.79 Å². The minimum Gasteiger partial charge on any atom is -0.356 e. The zero-order valence-electron chi connectivity index (χ0n) is 9.88. The van der Waals surface area contributed by atoms with Gasteiger partial charge in [-0.05, 0) is 31.2 Å². The van der Waals surface area contributed by atoms with Crippen LogP contribution >= 0.6 is 0 Å². The van der Waals surface area contributed by atoms with Crippen LogP contribution in [-0.2, 0) is 0 Å². The highest BCUT2D eigenvalue weighted by atomic mass is 16.5. The van der Waals surface area contributed by atoms with Gasteiger partial charge in [0.15, 0.2) is 5.58 Å². The van der Waals surface area contributed by atoms with E-state index in [2.05, 4.69) is 5.16 Å². The summed E-state index contributed by atoms with van der Waals surface area (Å²) < 4.78 is 5.28. The normalized spacial score (nSPS) is 10.7. The third-order valence-corrected chi connectivity index (χ3v) is 2.92. The first-order chi connectivity index (χ1) is 8.78. The first kappa shape index (κ1) is 10.7. The fourth-order valence-corrected chi connectivity index (χ4v) is 2.03. The van der Waals surface area contributed by atoms with Crippen LogP contribution in [0.25, 0.3) is 22.2 Å². The molecular weight excluding hydrogens is 226 g/mol. The van der Waals surface area contributed by atoms with Crippen LogP contribution in [0, 0.1) is 6.92 Å². The van der Waals surface area contributed by atoms with E-state index < -0.39 is 0 Å². The molecule has 0 N–H and O–H groups in total. The van der Waals surface area contributed by atoms with Gasteiger partial charge < -0.3 is 4.52 Å². The topological polar surface area (TPSA) is 43.1 Å². The molecule has 3 nitrogen and oxygen atoms in total. The van der Waals surface area contributed by atoms with E-state index >= 15 is 0 Å². The number of benzene rings is 2. The third-order valence-electron chi connectivity index (χ3n) is 2.92. The molecule has 0 radical (unpaired) electrons. The van der Waals surface area contributed by atoms with Crippen molar-refractivity contribution in [3.63, 3.8) is 0 Å². The van der Waals surface area contributed by atoms with Crippen molar-refractivity contribution in [1.29, 1.82) is 0 Å². The van der Waals surface area contributed by atoms with Crippen LogP contribution in [0.3, 0.4) is 0 Å². The van der Waals surface area contributed by atoms with Crippen molar-refractivity contribution >= 4 is 17.3 Å². The summed E-state index contributed by atoms with van der Waals surface area (Å²) in [5, 5.41) is 4.96. The number of hydrogen-bond acceptors (Lipinski definition) is 3. The van der Waals surface area contributed by atoms with Crippen LogP contribution in [0.15, 0.2) is 47.0 Å². The van der Waals surface area contributed by atoms with Gasteiger partial charge in [0.05, 0.1) is 5.39 Å². The Bertz CT molecular complexity index is 728. The highest BCUT2D eigenvalue weighted by molar-refractivity contribution is 5.95. The van der Waals surface area contributed by atoms with Crippen molar-refractivity contribution in [3.8, 4) is 11.3 Å². The first-order valence-corrected chi connectivity index (χ1v) is 5.69. The fourth-order valence-electron chi connectivity index (χ4n) is 2.03. The number of fused-ring (bicyclic) bond motifs is 1. The Kier molecular flexibility index (Phi) is 2.45. The Morgan fingerprint density at radius 2 is 2.06 bits per heavy atom. The van der Waals surface area contributed by atoms with E-state index in [1.54, 1.807) is 18.2 Å². The van der Waals surface area contributed by atoms with Crippen LogP contribution < -0.4 is 0 Å². The van der Waals surface area contributed by atoms with Crippen molar-refractivity contribution < 1.29 is 9.32 Å². The summed E-state index contributed by atoms with van der Waals surface area (Å²) in [6, 6.07) is 13.3. The van der Waals surface area contributed by atoms with E-state index in [4.69, 9.17) is 4.52 Å². The standard InChI is InChI=1S/C15H11NO2/c1-10-3-2-4-12(7-10)15-13-8-11(9-17)5-6-14(13)18-16-15/h2-9H,1H3. The molecule has 0 aliphatic carbocycles. The molecular formula is C15H11NO2. The molecule has 0 saturated carbocycles. The number of aldehydes is 1. The fraction of sp³-hybridized carbons (Fsp3) is 0.0667. The largest absolute Gasteiger partial charge is 0.356 e. The average Bonchev–Trinajstić information content (AvgIpc) is 2.81. The van der Waals surface area contributed by atoms with E-state index in [0.29, 0.717) is 11.1 Å². The van der Waals surface area contributed by atoms with Crippen molar-refractivity contribution in [2.45, 2.75) is 6.92 Å². The molecule has 0 spiro atoms. The van der Waals surface area contributed by atoms with E-state index in [0.717, 1.165) is 28.5 Å². The number of aryl methyl sites for hydroxylation is 1. The van der Waals surface area contributed by atoms with Crippen LogP contribution in [0.4, 0.5) is 0 Å². The second kappa shape index (κ2) is 4.11. The maximum absolute atomic E-state index is 10.8. The predicted molar refractivity (Wildman–Crippen MR) is 69.6 cm³/mol. The third kappa shape index (κ3) is 1.70. The zero-order chi connectivity index (χ0) is 12.5. The van der Waals surface area contributed by atoms with E-state index in [1.807, 2.05) is 31.2 Å². The van der Waals surface area contributed by atoms with Gasteiger partial charge in [0.1, 0.15) is 12.0 Å². The summed E-state index contributed by atoms with van der Waals surface area (Å²) in [7, 11) is 0. The summed E-state index contributed by atoms with van der Waals surface area (Å²) in [4.78, 5) is 10.8. The van der Waals surface area contributed by atoms with Gasteiger partial charge in [0.2, 0.25) is 0 Å². The van der Waals surface area contributed by atoms with Crippen molar-refractivity contribution in [2.75, 3.05) is 0 Å². The lowest BCUT2D eigenvalue weighted by molar-refractivity contribution is 0.112. The molecule has 0 aliphatic rings. The molecule has 88 valence electrons. The van der Waals surface area contributed by atoms with Crippen LogP contribution in [-0.4, -0.2) is 11.4 Å². The minimum atomic E-state index is 0.625. The number of carbonyl (C=O) groups is 1. The summed E-state index contributed by atoms with van der Waals surface area (Å²) >= 11 is 0. The molecule has 0 atom stereocenters. The molecule has 0 fully saturated rings. The number of nitrogens with zero attached hydrogens (tertiary/aromatic N) is 1. The van der Waals surface area contributed by atoms with Gasteiger partial charge in [0.25, 0.3) is 0 Å². The molecule has 0 saturated heterocycles. The van der Waals surface area contributed by atoms with E-state index in [-0.39, 0.29) is 0 Å². The molecule has 18 heavy (non-hydrogen) atoms. The molecule has 2 aromatic carbocycles. The van der Waals surface area contributed by atoms with Gasteiger partial charge in [0, 0.05) is 11.1 Å². The van der Waals surface area contributed by atoms with Crippen LogP contribution in [0.1, 0.15) is 15.9 Å². The monoisotopic (exact) mass is 237 g/mol. The molecule has 3 rings (SSSR count). The number of carbonyl (C=O) groups excluding carboxylic acids is 1. The SMILES string of the molecule is Cc1cccc(-c2noc3ccc(C=O)cc23)c1. The Balaban J connectivity index is 2.26. The van der Waals surface area contributed by atoms with Gasteiger partial charge in [-0.25, -0.2) is 0 Å². The van der Waals surface area contributed by atoms with Gasteiger partial charge >= 0.3 is 0 Å². The predicted octanol–water partition coefficient (Wildman–Crippen LogP) is 3.62. The molecule has 3 aromatic rings. The lowest BCUT2D eigenvalue weighted by atomic mass is 10.0. The smallest absolute Gasteiger partial charge is 0.167 e. The summed E-state index contributed by atoms with van der Waals surface area (Å²) in [6.07, 6.45) is 0.826. The van der Waals surface area contributed by atoms with Gasteiger partial charge in [-0.2, -0.15) is 0 Å². The van der Waals surface area contributed by atoms with Crippen LogP contribution in [0.2, 0.25) is 0 Å². The second-order valence-electron chi connectivity index (χ2n) is 4.27. The Hall–Kier alpha value is -2.42. The number of hydrogen-bond donors (Lipinski definition) is 0. The maximum Gasteiger partial charge on any atom is 0.167 e.